The van der Waals surface area contributed by atoms with Gasteiger partial charge in [-0.15, -0.1) is 6.58 Å². The maximum absolute atomic E-state index is 10.4. The Labute approximate surface area is 125 Å². The molecule has 0 radical (unpaired) electrons. The average Bonchev–Trinajstić information content (AvgIpc) is 2.14. The maximum Gasteiger partial charge on any atom is 1.00 e. The molecule has 0 aromatic carbocycles. The molecular formula is C9H18NNaO5S. The van der Waals surface area contributed by atoms with Gasteiger partial charge >= 0.3 is 29.6 Å². The average molecular weight is 275 g/mol. The van der Waals surface area contributed by atoms with Crippen molar-refractivity contribution in [3.63, 3.8) is 0 Å². The molecule has 0 fully saturated rings. The first kappa shape index (κ1) is 19.9. The minimum Gasteiger partial charge on any atom is -0.748 e. The van der Waals surface area contributed by atoms with Crippen LogP contribution < -0.4 is 29.6 Å². The van der Waals surface area contributed by atoms with Crippen LogP contribution in [0.5, 0.6) is 0 Å². The monoisotopic (exact) mass is 275 g/mol. The predicted octanol–water partition coefficient (Wildman–Crippen LogP) is -3.97. The van der Waals surface area contributed by atoms with Gasteiger partial charge in [0.1, 0.15) is 0 Å². The molecule has 17 heavy (non-hydrogen) atoms. The molecule has 0 saturated carbocycles. The van der Waals surface area contributed by atoms with Crippen LogP contribution in [0.2, 0.25) is 0 Å². The van der Waals surface area contributed by atoms with Crippen LogP contribution >= 0.6 is 0 Å². The minimum atomic E-state index is -4.19. The van der Waals surface area contributed by atoms with Gasteiger partial charge in [0.25, 0.3) is 0 Å². The van der Waals surface area contributed by atoms with Crippen molar-refractivity contribution in [2.45, 2.75) is 6.10 Å². The molecule has 0 spiro atoms. The van der Waals surface area contributed by atoms with E-state index in [1.54, 1.807) is 18.0 Å². The van der Waals surface area contributed by atoms with Crippen molar-refractivity contribution in [2.24, 2.45) is 0 Å². The van der Waals surface area contributed by atoms with E-state index in [-0.39, 0.29) is 49.3 Å². The molecule has 0 heterocycles. The molecule has 0 aromatic heterocycles. The zero-order valence-electron chi connectivity index (χ0n) is 10.3. The van der Waals surface area contributed by atoms with E-state index >= 15 is 0 Å². The van der Waals surface area contributed by atoms with Crippen LogP contribution in [-0.4, -0.2) is 68.2 Å². The number of nitrogens with zero attached hydrogens (tertiary/aromatic N) is 1. The van der Waals surface area contributed by atoms with Crippen molar-refractivity contribution in [1.29, 1.82) is 0 Å². The van der Waals surface area contributed by atoms with Gasteiger partial charge in [-0.3, -0.25) is 0 Å². The minimum absolute atomic E-state index is 0. The first-order valence-corrected chi connectivity index (χ1v) is 6.41. The van der Waals surface area contributed by atoms with E-state index in [1.807, 2.05) is 0 Å². The van der Waals surface area contributed by atoms with Crippen molar-refractivity contribution in [3.05, 3.63) is 12.7 Å². The molecule has 0 bridgehead atoms. The summed E-state index contributed by atoms with van der Waals surface area (Å²) < 4.78 is 36.1. The van der Waals surface area contributed by atoms with E-state index in [4.69, 9.17) is 4.74 Å². The third-order valence-corrected chi connectivity index (χ3v) is 2.47. The van der Waals surface area contributed by atoms with Gasteiger partial charge in [0.05, 0.1) is 35.2 Å². The molecule has 6 nitrogen and oxygen atoms in total. The van der Waals surface area contributed by atoms with Gasteiger partial charge in [-0.05, 0) is 7.05 Å². The Morgan fingerprint density at radius 3 is 2.65 bits per heavy atom. The first-order valence-electron chi connectivity index (χ1n) is 4.84. The Bertz CT molecular complexity index is 296. The zero-order valence-corrected chi connectivity index (χ0v) is 13.1. The molecule has 1 atom stereocenters. The summed E-state index contributed by atoms with van der Waals surface area (Å²) in [6, 6.07) is 0. The largest absolute Gasteiger partial charge is 1.00 e. The van der Waals surface area contributed by atoms with Gasteiger partial charge in [-0.2, -0.15) is 0 Å². The van der Waals surface area contributed by atoms with Crippen LogP contribution in [0.1, 0.15) is 0 Å². The number of likely N-dealkylation sites (N-methyl/N-ethyl adjacent to an activating group) is 1. The molecule has 96 valence electrons. The summed E-state index contributed by atoms with van der Waals surface area (Å²) in [5, 5.41) is 9.45. The standard InChI is InChI=1S/C9H19NO5S.Na/c1-3-5-15-8-9(11)7-10(2)4-6-16(12,13)14;/h3,9,11H,1,4-8H2,2H3,(H,12,13,14);/q;+1/p-1. The third-order valence-electron chi connectivity index (χ3n) is 1.79. The first-order chi connectivity index (χ1) is 7.35. The molecule has 0 aliphatic rings. The third kappa shape index (κ3) is 14.5. The zero-order chi connectivity index (χ0) is 12.6. The van der Waals surface area contributed by atoms with E-state index in [0.29, 0.717) is 6.61 Å². The van der Waals surface area contributed by atoms with E-state index < -0.39 is 22.0 Å². The topological polar surface area (TPSA) is 89.9 Å². The normalized spacial score (nSPS) is 13.2. The molecule has 0 amide bonds. The molecule has 0 aliphatic heterocycles. The number of hydrogen-bond acceptors (Lipinski definition) is 6. The van der Waals surface area contributed by atoms with Crippen LogP contribution in [0.3, 0.4) is 0 Å². The Morgan fingerprint density at radius 2 is 2.18 bits per heavy atom. The fourth-order valence-electron chi connectivity index (χ4n) is 1.06. The van der Waals surface area contributed by atoms with E-state index in [2.05, 4.69) is 6.58 Å². The van der Waals surface area contributed by atoms with Crippen molar-refractivity contribution < 1.29 is 52.4 Å². The molecule has 1 N–H and O–H groups in total. The molecular weight excluding hydrogens is 257 g/mol. The van der Waals surface area contributed by atoms with Gasteiger partial charge in [-0.1, -0.05) is 6.08 Å². The van der Waals surface area contributed by atoms with Crippen molar-refractivity contribution in [1.82, 2.24) is 4.90 Å². The molecule has 0 rings (SSSR count). The summed E-state index contributed by atoms with van der Waals surface area (Å²) >= 11 is 0. The number of rotatable bonds is 9. The number of aliphatic hydroxyl groups is 1. The Morgan fingerprint density at radius 1 is 1.59 bits per heavy atom. The van der Waals surface area contributed by atoms with Gasteiger partial charge in [0.15, 0.2) is 0 Å². The van der Waals surface area contributed by atoms with Crippen LogP contribution in [0.25, 0.3) is 0 Å². The van der Waals surface area contributed by atoms with Crippen LogP contribution in [-0.2, 0) is 14.9 Å². The number of ether oxygens (including phenoxy) is 1. The predicted molar refractivity (Wildman–Crippen MR) is 59.1 cm³/mol. The maximum atomic E-state index is 10.4. The molecule has 8 heteroatoms. The molecule has 1 unspecified atom stereocenters. The summed E-state index contributed by atoms with van der Waals surface area (Å²) in [4.78, 5) is 1.57. The number of hydrogen-bond donors (Lipinski definition) is 1. The van der Waals surface area contributed by atoms with Gasteiger partial charge < -0.3 is 19.3 Å². The van der Waals surface area contributed by atoms with Gasteiger partial charge in [-0.25, -0.2) is 8.42 Å². The Hall–Kier alpha value is 0.530. The van der Waals surface area contributed by atoms with Crippen LogP contribution in [0, 0.1) is 0 Å². The Balaban J connectivity index is 0. The molecule has 0 saturated heterocycles. The fraction of sp³-hybridized carbons (Fsp3) is 0.778. The summed E-state index contributed by atoms with van der Waals surface area (Å²) in [5.74, 6) is -0.455. The summed E-state index contributed by atoms with van der Waals surface area (Å²) in [5.41, 5.74) is 0. The summed E-state index contributed by atoms with van der Waals surface area (Å²) in [6.45, 7) is 4.32. The van der Waals surface area contributed by atoms with E-state index in [1.165, 1.54) is 0 Å². The second-order valence-electron chi connectivity index (χ2n) is 3.50. The van der Waals surface area contributed by atoms with Crippen molar-refractivity contribution in [2.75, 3.05) is 39.1 Å². The summed E-state index contributed by atoms with van der Waals surface area (Å²) in [7, 11) is -2.57. The van der Waals surface area contributed by atoms with Crippen LogP contribution in [0.15, 0.2) is 12.7 Å². The van der Waals surface area contributed by atoms with Crippen molar-refractivity contribution in [3.8, 4) is 0 Å². The van der Waals surface area contributed by atoms with E-state index in [0.717, 1.165) is 0 Å². The smallest absolute Gasteiger partial charge is 0.748 e. The Kier molecular flexibility index (Phi) is 12.2. The van der Waals surface area contributed by atoms with Gasteiger partial charge in [0.2, 0.25) is 0 Å². The molecule has 0 aromatic rings. The van der Waals surface area contributed by atoms with Gasteiger partial charge in [0, 0.05) is 13.1 Å². The van der Waals surface area contributed by atoms with Crippen molar-refractivity contribution >= 4 is 10.1 Å². The van der Waals surface area contributed by atoms with Crippen LogP contribution in [0.4, 0.5) is 0 Å². The molecule has 0 aliphatic carbocycles. The summed E-state index contributed by atoms with van der Waals surface area (Å²) in [6.07, 6.45) is 0.861. The quantitative estimate of drug-likeness (QED) is 0.200. The number of aliphatic hydroxyl groups excluding tert-OH is 1. The second-order valence-corrected chi connectivity index (χ2v) is 5.03. The SMILES string of the molecule is C=CCOCC(O)CN(C)CCS(=O)(=O)[O-].[Na+]. The van der Waals surface area contributed by atoms with E-state index in [9.17, 15) is 18.1 Å². The fourth-order valence-corrected chi connectivity index (χ4v) is 1.59. The second kappa shape index (κ2) is 10.5.